The van der Waals surface area contributed by atoms with E-state index in [2.05, 4.69) is 20.9 Å². The van der Waals surface area contributed by atoms with Gasteiger partial charge in [0.15, 0.2) is 10.9 Å². The minimum absolute atomic E-state index is 0.0739. The summed E-state index contributed by atoms with van der Waals surface area (Å²) in [6.07, 6.45) is 0. The van der Waals surface area contributed by atoms with Gasteiger partial charge in [-0.15, -0.1) is 0 Å². The summed E-state index contributed by atoms with van der Waals surface area (Å²) in [7, 11) is 3.80. The van der Waals surface area contributed by atoms with Crippen LogP contribution in [0.1, 0.15) is 10.4 Å². The Labute approximate surface area is 162 Å². The maximum Gasteiger partial charge on any atom is 0.260 e. The Balaban J connectivity index is 2.01. The van der Waals surface area contributed by atoms with Gasteiger partial charge in [-0.2, -0.15) is 0 Å². The van der Waals surface area contributed by atoms with E-state index in [1.807, 2.05) is 19.0 Å². The lowest BCUT2D eigenvalue weighted by Gasteiger charge is -2.22. The van der Waals surface area contributed by atoms with Crippen molar-refractivity contribution in [3.63, 3.8) is 0 Å². The first-order chi connectivity index (χ1) is 12.3. The molecule has 4 nitrogen and oxygen atoms in total. The van der Waals surface area contributed by atoms with Crippen LogP contribution in [0.15, 0.2) is 40.9 Å². The number of carbonyl (C=O) groups is 1. The van der Waals surface area contributed by atoms with E-state index in [1.54, 1.807) is 24.3 Å². The SMILES string of the molecule is CN(C)CCN(C(=O)c1ccc(Br)cc1)c1nc2c(F)cc(F)cc2s1. The number of likely N-dealkylation sites (N-methyl/N-ethyl adjacent to an activating group) is 1. The molecule has 1 aromatic heterocycles. The first-order valence-electron chi connectivity index (χ1n) is 7.83. The largest absolute Gasteiger partial charge is 0.308 e. The van der Waals surface area contributed by atoms with Crippen LogP contribution in [0.4, 0.5) is 13.9 Å². The Kier molecular flexibility index (Phi) is 5.64. The highest BCUT2D eigenvalue weighted by Crippen LogP contribution is 2.32. The fourth-order valence-corrected chi connectivity index (χ4v) is 3.69. The second-order valence-electron chi connectivity index (χ2n) is 6.00. The molecule has 0 aliphatic carbocycles. The number of fused-ring (bicyclic) bond motifs is 1. The van der Waals surface area contributed by atoms with Crippen molar-refractivity contribution in [2.75, 3.05) is 32.1 Å². The molecule has 136 valence electrons. The van der Waals surface area contributed by atoms with Crippen LogP contribution in [0.5, 0.6) is 0 Å². The van der Waals surface area contributed by atoms with Crippen LogP contribution < -0.4 is 4.90 Å². The van der Waals surface area contributed by atoms with Crippen molar-refractivity contribution >= 4 is 48.5 Å². The minimum atomic E-state index is -0.730. The van der Waals surface area contributed by atoms with E-state index in [9.17, 15) is 13.6 Å². The third-order valence-corrected chi connectivity index (χ3v) is 5.29. The van der Waals surface area contributed by atoms with E-state index in [0.29, 0.717) is 28.5 Å². The molecule has 0 saturated heterocycles. The fraction of sp³-hybridized carbons (Fsp3) is 0.222. The Hall–Kier alpha value is -1.90. The third kappa shape index (κ3) is 4.08. The monoisotopic (exact) mass is 439 g/mol. The van der Waals surface area contributed by atoms with Crippen molar-refractivity contribution in [2.24, 2.45) is 0 Å². The van der Waals surface area contributed by atoms with Crippen molar-refractivity contribution < 1.29 is 13.6 Å². The second kappa shape index (κ2) is 7.77. The number of anilines is 1. The molecule has 26 heavy (non-hydrogen) atoms. The molecule has 2 aromatic carbocycles. The van der Waals surface area contributed by atoms with Crippen LogP contribution in [0.3, 0.4) is 0 Å². The predicted octanol–water partition coefficient (Wildman–Crippen LogP) is 4.55. The van der Waals surface area contributed by atoms with Gasteiger partial charge in [-0.05, 0) is 44.4 Å². The standard InChI is InChI=1S/C18H16BrF2N3OS/c1-23(2)7-8-24(17(25)11-3-5-12(19)6-4-11)18-22-16-14(21)9-13(20)10-15(16)26-18/h3-6,9-10H,7-8H2,1-2H3. The summed E-state index contributed by atoms with van der Waals surface area (Å²) >= 11 is 4.44. The van der Waals surface area contributed by atoms with E-state index in [4.69, 9.17) is 0 Å². The van der Waals surface area contributed by atoms with Crippen LogP contribution >= 0.6 is 27.3 Å². The van der Waals surface area contributed by atoms with E-state index in [-0.39, 0.29) is 11.4 Å². The van der Waals surface area contributed by atoms with Gasteiger partial charge in [0.05, 0.1) is 4.70 Å². The summed E-state index contributed by atoms with van der Waals surface area (Å²) in [5.74, 6) is -1.63. The van der Waals surface area contributed by atoms with Crippen molar-refractivity contribution in [3.05, 3.63) is 58.1 Å². The summed E-state index contributed by atoms with van der Waals surface area (Å²) in [5, 5.41) is 0.347. The van der Waals surface area contributed by atoms with Gasteiger partial charge in [-0.3, -0.25) is 9.69 Å². The molecule has 3 aromatic rings. The maximum atomic E-state index is 14.0. The lowest BCUT2D eigenvalue weighted by Crippen LogP contribution is -2.36. The number of thiazole rings is 1. The number of hydrogen-bond donors (Lipinski definition) is 0. The minimum Gasteiger partial charge on any atom is -0.308 e. The smallest absolute Gasteiger partial charge is 0.260 e. The highest BCUT2D eigenvalue weighted by Gasteiger charge is 2.22. The van der Waals surface area contributed by atoms with Crippen LogP contribution in [-0.2, 0) is 0 Å². The predicted molar refractivity (Wildman–Crippen MR) is 104 cm³/mol. The molecule has 0 fully saturated rings. The highest BCUT2D eigenvalue weighted by atomic mass is 79.9. The van der Waals surface area contributed by atoms with Crippen LogP contribution in [-0.4, -0.2) is 43.0 Å². The molecule has 0 radical (unpaired) electrons. The van der Waals surface area contributed by atoms with Crippen molar-refractivity contribution in [1.82, 2.24) is 9.88 Å². The van der Waals surface area contributed by atoms with Crippen molar-refractivity contribution in [2.45, 2.75) is 0 Å². The average Bonchev–Trinajstić information content (AvgIpc) is 2.99. The molecule has 8 heteroatoms. The third-order valence-electron chi connectivity index (χ3n) is 3.74. The zero-order chi connectivity index (χ0) is 18.8. The van der Waals surface area contributed by atoms with Gasteiger partial charge < -0.3 is 4.90 Å². The van der Waals surface area contributed by atoms with Gasteiger partial charge in [0.2, 0.25) is 0 Å². The molecule has 1 heterocycles. The zero-order valence-electron chi connectivity index (χ0n) is 14.2. The number of halogens is 3. The van der Waals surface area contributed by atoms with Crippen molar-refractivity contribution in [1.29, 1.82) is 0 Å². The maximum absolute atomic E-state index is 14.0. The Morgan fingerprint density at radius 3 is 2.50 bits per heavy atom. The molecule has 3 rings (SSSR count). The number of rotatable bonds is 5. The summed E-state index contributed by atoms with van der Waals surface area (Å²) < 4.78 is 28.7. The van der Waals surface area contributed by atoms with Crippen LogP contribution in [0.25, 0.3) is 10.2 Å². The Morgan fingerprint density at radius 1 is 1.15 bits per heavy atom. The highest BCUT2D eigenvalue weighted by molar-refractivity contribution is 9.10. The van der Waals surface area contributed by atoms with Gasteiger partial charge in [0.25, 0.3) is 5.91 Å². The summed E-state index contributed by atoms with van der Waals surface area (Å²) in [4.78, 5) is 20.7. The van der Waals surface area contributed by atoms with E-state index < -0.39 is 11.6 Å². The first-order valence-corrected chi connectivity index (χ1v) is 9.44. The molecule has 0 unspecified atom stereocenters. The molecule has 0 bridgehead atoms. The zero-order valence-corrected chi connectivity index (χ0v) is 16.6. The molecule has 0 N–H and O–H groups in total. The lowest BCUT2D eigenvalue weighted by atomic mass is 10.2. The van der Waals surface area contributed by atoms with Gasteiger partial charge in [-0.1, -0.05) is 27.3 Å². The Bertz CT molecular complexity index is 944. The number of carbonyl (C=O) groups excluding carboxylic acids is 1. The summed E-state index contributed by atoms with van der Waals surface area (Å²) in [5.41, 5.74) is 0.572. The fourth-order valence-electron chi connectivity index (χ4n) is 2.39. The quantitative estimate of drug-likeness (QED) is 0.585. The topological polar surface area (TPSA) is 36.4 Å². The first kappa shape index (κ1) is 18.9. The molecule has 0 atom stereocenters. The molecular formula is C18H16BrF2N3OS. The molecule has 0 spiro atoms. The molecular weight excluding hydrogens is 424 g/mol. The number of amides is 1. The molecule has 0 aliphatic rings. The number of aromatic nitrogens is 1. The Morgan fingerprint density at radius 2 is 1.85 bits per heavy atom. The molecule has 1 amide bonds. The number of hydrogen-bond acceptors (Lipinski definition) is 4. The van der Waals surface area contributed by atoms with E-state index >= 15 is 0 Å². The van der Waals surface area contributed by atoms with Crippen LogP contribution in [0, 0.1) is 11.6 Å². The van der Waals surface area contributed by atoms with Gasteiger partial charge in [0, 0.05) is 29.2 Å². The molecule has 0 saturated carbocycles. The second-order valence-corrected chi connectivity index (χ2v) is 7.92. The van der Waals surface area contributed by atoms with Gasteiger partial charge >= 0.3 is 0 Å². The van der Waals surface area contributed by atoms with Gasteiger partial charge in [0.1, 0.15) is 11.3 Å². The molecule has 0 aliphatic heterocycles. The number of benzene rings is 2. The number of nitrogens with zero attached hydrogens (tertiary/aromatic N) is 3. The van der Waals surface area contributed by atoms with E-state index in [1.165, 1.54) is 11.0 Å². The van der Waals surface area contributed by atoms with Gasteiger partial charge in [-0.25, -0.2) is 13.8 Å². The lowest BCUT2D eigenvalue weighted by molar-refractivity contribution is 0.0985. The van der Waals surface area contributed by atoms with E-state index in [0.717, 1.165) is 21.9 Å². The summed E-state index contributed by atoms with van der Waals surface area (Å²) in [6, 6.07) is 9.02. The normalized spacial score (nSPS) is 11.3. The average molecular weight is 440 g/mol. The van der Waals surface area contributed by atoms with Crippen molar-refractivity contribution in [3.8, 4) is 0 Å². The van der Waals surface area contributed by atoms with Crippen LogP contribution in [0.2, 0.25) is 0 Å². The summed E-state index contributed by atoms with van der Waals surface area (Å²) in [6.45, 7) is 0.987.